The summed E-state index contributed by atoms with van der Waals surface area (Å²) in [5.41, 5.74) is 7.97. The van der Waals surface area contributed by atoms with Gasteiger partial charge in [-0.15, -0.1) is 11.3 Å². The van der Waals surface area contributed by atoms with E-state index in [1.165, 1.54) is 10.6 Å². The summed E-state index contributed by atoms with van der Waals surface area (Å²) in [5, 5.41) is 0.707. The van der Waals surface area contributed by atoms with E-state index in [1.807, 2.05) is 24.4 Å². The Morgan fingerprint density at radius 2 is 2.20 bits per heavy atom. The third-order valence-corrected chi connectivity index (χ3v) is 4.44. The maximum absolute atomic E-state index is 5.76. The monoisotopic (exact) mass is 286 g/mol. The predicted molar refractivity (Wildman–Crippen MR) is 83.6 cm³/mol. The molecule has 2 aromatic rings. The number of rotatable bonds is 3. The Morgan fingerprint density at radius 1 is 1.30 bits per heavy atom. The number of anilines is 1. The molecule has 20 heavy (non-hydrogen) atoms. The van der Waals surface area contributed by atoms with Crippen LogP contribution in [0, 0.1) is 0 Å². The van der Waals surface area contributed by atoms with E-state index in [0.717, 1.165) is 38.2 Å². The second-order valence-electron chi connectivity index (χ2n) is 4.88. The van der Waals surface area contributed by atoms with Crippen LogP contribution in [0.2, 0.25) is 0 Å². The number of fused-ring (bicyclic) bond motifs is 1. The van der Waals surface area contributed by atoms with Crippen LogP contribution >= 0.6 is 11.3 Å². The molecule has 0 saturated carbocycles. The van der Waals surface area contributed by atoms with Crippen LogP contribution in [-0.4, -0.2) is 34.5 Å². The molecule has 0 bridgehead atoms. The molecule has 0 fully saturated rings. The topological polar surface area (TPSA) is 55.0 Å². The Morgan fingerprint density at radius 3 is 3.05 bits per heavy atom. The number of hydrogen-bond acceptors (Lipinski definition) is 5. The molecule has 0 saturated heterocycles. The lowest BCUT2D eigenvalue weighted by molar-refractivity contribution is 0.318. The van der Waals surface area contributed by atoms with Crippen LogP contribution in [-0.2, 0) is 12.8 Å². The molecule has 2 N–H and O–H groups in total. The van der Waals surface area contributed by atoms with Crippen LogP contribution in [0.15, 0.2) is 30.5 Å². The number of thiazole rings is 1. The van der Waals surface area contributed by atoms with Gasteiger partial charge in [0.25, 0.3) is 0 Å². The Labute approximate surface area is 123 Å². The molecule has 0 aliphatic carbocycles. The zero-order chi connectivity index (χ0) is 13.8. The summed E-state index contributed by atoms with van der Waals surface area (Å²) in [6.45, 7) is 3.07. The molecule has 0 amide bonds. The minimum atomic E-state index is 0.707. The van der Waals surface area contributed by atoms with Gasteiger partial charge in [0, 0.05) is 37.1 Å². The van der Waals surface area contributed by atoms with Gasteiger partial charge in [-0.2, -0.15) is 0 Å². The highest BCUT2D eigenvalue weighted by Crippen LogP contribution is 2.24. The summed E-state index contributed by atoms with van der Waals surface area (Å²) < 4.78 is 0. The summed E-state index contributed by atoms with van der Waals surface area (Å²) in [6, 6.07) is 5.96. The van der Waals surface area contributed by atoms with Crippen LogP contribution in [0.5, 0.6) is 0 Å². The highest BCUT2D eigenvalue weighted by molar-refractivity contribution is 7.15. The van der Waals surface area contributed by atoms with Gasteiger partial charge in [0.15, 0.2) is 5.13 Å². The third-order valence-electron chi connectivity index (χ3n) is 3.45. The maximum Gasteiger partial charge on any atom is 0.180 e. The molecule has 0 unspecified atom stereocenters. The van der Waals surface area contributed by atoms with Crippen molar-refractivity contribution in [3.63, 3.8) is 0 Å². The average Bonchev–Trinajstić information content (AvgIpc) is 2.72. The summed E-state index contributed by atoms with van der Waals surface area (Å²) in [5.74, 6) is 0. The van der Waals surface area contributed by atoms with Crippen molar-refractivity contribution in [1.82, 2.24) is 14.9 Å². The van der Waals surface area contributed by atoms with Crippen molar-refractivity contribution in [1.29, 1.82) is 0 Å². The molecular weight excluding hydrogens is 268 g/mol. The number of nitrogens with zero attached hydrogens (tertiary/aromatic N) is 3. The molecule has 1 aliphatic heterocycles. The number of nitrogen functional groups attached to an aromatic ring is 1. The fourth-order valence-corrected chi connectivity index (χ4v) is 3.28. The van der Waals surface area contributed by atoms with Gasteiger partial charge in [0.05, 0.1) is 11.4 Å². The highest BCUT2D eigenvalue weighted by Gasteiger charge is 2.16. The average molecular weight is 286 g/mol. The zero-order valence-electron chi connectivity index (χ0n) is 11.3. The normalized spacial score (nSPS) is 16.2. The molecule has 0 spiro atoms. The second-order valence-corrected chi connectivity index (χ2v) is 5.99. The van der Waals surface area contributed by atoms with Gasteiger partial charge >= 0.3 is 0 Å². The van der Waals surface area contributed by atoms with Crippen molar-refractivity contribution in [2.24, 2.45) is 0 Å². The minimum absolute atomic E-state index is 0.707. The van der Waals surface area contributed by atoms with Crippen molar-refractivity contribution >= 4 is 22.5 Å². The summed E-state index contributed by atoms with van der Waals surface area (Å²) in [6.07, 6.45) is 8.14. The lowest BCUT2D eigenvalue weighted by atomic mass is 10.2. The van der Waals surface area contributed by atoms with Crippen LogP contribution in [0.4, 0.5) is 5.13 Å². The van der Waals surface area contributed by atoms with E-state index in [-0.39, 0.29) is 0 Å². The Balaban J connectivity index is 1.55. The smallest absolute Gasteiger partial charge is 0.180 e. The molecule has 0 aromatic carbocycles. The fourth-order valence-electron chi connectivity index (χ4n) is 2.41. The van der Waals surface area contributed by atoms with E-state index in [0.29, 0.717) is 5.13 Å². The summed E-state index contributed by atoms with van der Waals surface area (Å²) >= 11 is 1.64. The molecule has 4 nitrogen and oxygen atoms in total. The molecule has 3 rings (SSSR count). The first kappa shape index (κ1) is 13.3. The Hall–Kier alpha value is -1.72. The summed E-state index contributed by atoms with van der Waals surface area (Å²) in [7, 11) is 0. The molecule has 5 heteroatoms. The quantitative estimate of drug-likeness (QED) is 0.940. The van der Waals surface area contributed by atoms with Crippen molar-refractivity contribution in [3.8, 4) is 0 Å². The second kappa shape index (κ2) is 6.15. The van der Waals surface area contributed by atoms with E-state index in [9.17, 15) is 0 Å². The number of pyridine rings is 1. The van der Waals surface area contributed by atoms with Crippen molar-refractivity contribution in [2.75, 3.05) is 25.4 Å². The standard InChI is InChI=1S/C15H18N4S/c16-15-18-13-6-10-19(11-7-14(13)20-15)9-3-5-12-4-1-2-8-17-12/h1-5,8H,6-7,9-11H2,(H2,16,18)/b5-3+. The molecule has 3 heterocycles. The first-order valence-corrected chi connectivity index (χ1v) is 7.67. The minimum Gasteiger partial charge on any atom is -0.375 e. The van der Waals surface area contributed by atoms with Gasteiger partial charge in [-0.3, -0.25) is 9.88 Å². The van der Waals surface area contributed by atoms with Gasteiger partial charge in [0.1, 0.15) is 0 Å². The molecular formula is C15H18N4S. The Kier molecular flexibility index (Phi) is 4.08. The molecule has 0 radical (unpaired) electrons. The van der Waals surface area contributed by atoms with Crippen LogP contribution in [0.1, 0.15) is 16.3 Å². The lowest BCUT2D eigenvalue weighted by Gasteiger charge is -2.17. The number of nitrogens with two attached hydrogens (primary N) is 1. The number of hydrogen-bond donors (Lipinski definition) is 1. The van der Waals surface area contributed by atoms with E-state index >= 15 is 0 Å². The van der Waals surface area contributed by atoms with E-state index < -0.39 is 0 Å². The van der Waals surface area contributed by atoms with Crippen molar-refractivity contribution in [3.05, 3.63) is 46.7 Å². The van der Waals surface area contributed by atoms with Crippen LogP contribution < -0.4 is 5.73 Å². The number of aromatic nitrogens is 2. The molecule has 104 valence electrons. The van der Waals surface area contributed by atoms with E-state index in [1.54, 1.807) is 11.3 Å². The van der Waals surface area contributed by atoms with Gasteiger partial charge in [-0.25, -0.2) is 4.98 Å². The van der Waals surface area contributed by atoms with Crippen LogP contribution in [0.3, 0.4) is 0 Å². The first-order valence-electron chi connectivity index (χ1n) is 6.85. The largest absolute Gasteiger partial charge is 0.375 e. The van der Waals surface area contributed by atoms with E-state index in [4.69, 9.17) is 5.73 Å². The fraction of sp³-hybridized carbons (Fsp3) is 0.333. The predicted octanol–water partition coefficient (Wildman–Crippen LogP) is 2.23. The third kappa shape index (κ3) is 3.23. The zero-order valence-corrected chi connectivity index (χ0v) is 12.1. The van der Waals surface area contributed by atoms with Crippen molar-refractivity contribution < 1.29 is 0 Å². The van der Waals surface area contributed by atoms with Gasteiger partial charge in [-0.05, 0) is 24.6 Å². The molecule has 2 aromatic heterocycles. The van der Waals surface area contributed by atoms with Gasteiger partial charge < -0.3 is 5.73 Å². The van der Waals surface area contributed by atoms with Crippen LogP contribution in [0.25, 0.3) is 6.08 Å². The van der Waals surface area contributed by atoms with E-state index in [2.05, 4.69) is 27.0 Å². The first-order chi connectivity index (χ1) is 9.81. The van der Waals surface area contributed by atoms with Gasteiger partial charge in [-0.1, -0.05) is 12.1 Å². The SMILES string of the molecule is Nc1nc2c(s1)CCN(C/C=C/c1ccccn1)CC2. The van der Waals surface area contributed by atoms with Crippen molar-refractivity contribution in [2.45, 2.75) is 12.8 Å². The maximum atomic E-state index is 5.76. The lowest BCUT2D eigenvalue weighted by Crippen LogP contribution is -2.26. The summed E-state index contributed by atoms with van der Waals surface area (Å²) in [4.78, 5) is 12.5. The molecule has 0 atom stereocenters. The molecule has 1 aliphatic rings. The van der Waals surface area contributed by atoms with Gasteiger partial charge in [0.2, 0.25) is 0 Å². The highest BCUT2D eigenvalue weighted by atomic mass is 32.1. The Bertz CT molecular complexity index is 566.